The van der Waals surface area contributed by atoms with Crippen molar-refractivity contribution in [1.29, 1.82) is 0 Å². The smallest absolute Gasteiger partial charge is 0.152 e. The van der Waals surface area contributed by atoms with E-state index >= 15 is 0 Å². The van der Waals surface area contributed by atoms with Crippen molar-refractivity contribution in [3.8, 4) is 0 Å². The first kappa shape index (κ1) is 12.3. The minimum absolute atomic E-state index is 0.265. The van der Waals surface area contributed by atoms with E-state index in [0.717, 1.165) is 19.4 Å². The number of hydrogen-bond acceptors (Lipinski definition) is 4. The van der Waals surface area contributed by atoms with Gasteiger partial charge in [-0.15, -0.1) is 0 Å². The van der Waals surface area contributed by atoms with Crippen LogP contribution in [0.1, 0.15) is 32.6 Å². The minimum atomic E-state index is -2.88. The van der Waals surface area contributed by atoms with Crippen LogP contribution >= 0.6 is 0 Å². The lowest BCUT2D eigenvalue weighted by molar-refractivity contribution is 0.0934. The molecule has 0 aromatic heterocycles. The average Bonchev–Trinajstić information content (AvgIpc) is 2.63. The molecule has 2 aliphatic rings. The number of nitrogens with zero attached hydrogens (tertiary/aromatic N) is 1. The zero-order valence-electron chi connectivity index (χ0n) is 9.98. The standard InChI is InChI=1S/C11H22N2O2S/c1-10-4-2-6-13(10)11(8-12)5-3-7-16(14,15)9-11/h10H,2-9,12H2,1H3. The number of rotatable bonds is 2. The van der Waals surface area contributed by atoms with Gasteiger partial charge < -0.3 is 5.73 Å². The van der Waals surface area contributed by atoms with E-state index in [-0.39, 0.29) is 11.3 Å². The summed E-state index contributed by atoms with van der Waals surface area (Å²) in [6.45, 7) is 3.66. The summed E-state index contributed by atoms with van der Waals surface area (Å²) in [4.78, 5) is 2.35. The molecule has 0 aromatic rings. The van der Waals surface area contributed by atoms with Crippen molar-refractivity contribution in [3.63, 3.8) is 0 Å². The SMILES string of the molecule is CC1CCCN1C1(CN)CCCS(=O)(=O)C1. The van der Waals surface area contributed by atoms with Gasteiger partial charge in [-0.1, -0.05) is 0 Å². The molecule has 4 nitrogen and oxygen atoms in total. The van der Waals surface area contributed by atoms with Gasteiger partial charge in [0.1, 0.15) is 0 Å². The third-order valence-corrected chi connectivity index (χ3v) is 6.02. The normalized spacial score (nSPS) is 40.0. The molecule has 2 atom stereocenters. The van der Waals surface area contributed by atoms with Crippen molar-refractivity contribution >= 4 is 9.84 Å². The van der Waals surface area contributed by atoms with Crippen LogP contribution in [0.4, 0.5) is 0 Å². The molecular weight excluding hydrogens is 224 g/mol. The van der Waals surface area contributed by atoms with Crippen LogP contribution < -0.4 is 5.73 Å². The van der Waals surface area contributed by atoms with Gasteiger partial charge in [-0.05, 0) is 39.2 Å². The zero-order valence-corrected chi connectivity index (χ0v) is 10.8. The monoisotopic (exact) mass is 246 g/mol. The second-order valence-electron chi connectivity index (χ2n) is 5.31. The molecule has 0 radical (unpaired) electrons. The lowest BCUT2D eigenvalue weighted by Crippen LogP contribution is -2.61. The zero-order chi connectivity index (χ0) is 11.8. The summed E-state index contributed by atoms with van der Waals surface area (Å²) in [5.74, 6) is 0.609. The maximum atomic E-state index is 11.8. The quantitative estimate of drug-likeness (QED) is 0.765. The van der Waals surface area contributed by atoms with Gasteiger partial charge in [0.05, 0.1) is 11.5 Å². The third-order valence-electron chi connectivity index (χ3n) is 4.13. The summed E-state index contributed by atoms with van der Waals surface area (Å²) >= 11 is 0. The van der Waals surface area contributed by atoms with Crippen molar-refractivity contribution in [3.05, 3.63) is 0 Å². The summed E-state index contributed by atoms with van der Waals surface area (Å²) in [6, 6.07) is 0.483. The molecule has 16 heavy (non-hydrogen) atoms. The third kappa shape index (κ3) is 2.13. The van der Waals surface area contributed by atoms with E-state index < -0.39 is 9.84 Å². The Morgan fingerprint density at radius 2 is 2.19 bits per heavy atom. The molecule has 2 aliphatic heterocycles. The van der Waals surface area contributed by atoms with E-state index in [1.54, 1.807) is 0 Å². The lowest BCUT2D eigenvalue weighted by atomic mass is 9.92. The predicted molar refractivity (Wildman–Crippen MR) is 65.1 cm³/mol. The molecule has 0 aliphatic carbocycles. The molecule has 0 spiro atoms. The van der Waals surface area contributed by atoms with E-state index in [9.17, 15) is 8.42 Å². The molecular formula is C11H22N2O2S. The highest BCUT2D eigenvalue weighted by Gasteiger charge is 2.45. The molecule has 0 aromatic carbocycles. The largest absolute Gasteiger partial charge is 0.329 e. The summed E-state index contributed by atoms with van der Waals surface area (Å²) < 4.78 is 23.6. The fourth-order valence-electron chi connectivity index (χ4n) is 3.32. The van der Waals surface area contributed by atoms with Crippen molar-refractivity contribution < 1.29 is 8.42 Å². The molecule has 0 bridgehead atoms. The van der Waals surface area contributed by atoms with Crippen molar-refractivity contribution in [2.75, 3.05) is 24.6 Å². The second kappa shape index (κ2) is 4.27. The van der Waals surface area contributed by atoms with Gasteiger partial charge in [0.2, 0.25) is 0 Å². The van der Waals surface area contributed by atoms with Crippen LogP contribution in [0.3, 0.4) is 0 Å². The van der Waals surface area contributed by atoms with Gasteiger partial charge in [-0.25, -0.2) is 8.42 Å². The second-order valence-corrected chi connectivity index (χ2v) is 7.49. The molecule has 2 fully saturated rings. The lowest BCUT2D eigenvalue weighted by Gasteiger charge is -2.45. The van der Waals surface area contributed by atoms with E-state index in [4.69, 9.17) is 5.73 Å². The highest BCUT2D eigenvalue weighted by molar-refractivity contribution is 7.91. The van der Waals surface area contributed by atoms with Crippen LogP contribution in [0.2, 0.25) is 0 Å². The van der Waals surface area contributed by atoms with Crippen LogP contribution in [0.15, 0.2) is 0 Å². The number of sulfone groups is 1. The van der Waals surface area contributed by atoms with Gasteiger partial charge in [0.25, 0.3) is 0 Å². The maximum Gasteiger partial charge on any atom is 0.152 e. The average molecular weight is 246 g/mol. The van der Waals surface area contributed by atoms with E-state index in [0.29, 0.717) is 18.3 Å². The number of hydrogen-bond donors (Lipinski definition) is 1. The van der Waals surface area contributed by atoms with Gasteiger partial charge >= 0.3 is 0 Å². The topological polar surface area (TPSA) is 63.4 Å². The molecule has 0 saturated carbocycles. The van der Waals surface area contributed by atoms with Gasteiger partial charge in [0.15, 0.2) is 9.84 Å². The van der Waals surface area contributed by atoms with Crippen LogP contribution in [-0.4, -0.2) is 49.5 Å². The fourth-order valence-corrected chi connectivity index (χ4v) is 5.29. The van der Waals surface area contributed by atoms with Crippen molar-refractivity contribution in [1.82, 2.24) is 4.90 Å². The maximum absolute atomic E-state index is 11.8. The number of likely N-dealkylation sites (tertiary alicyclic amines) is 1. The Balaban J connectivity index is 2.24. The first-order valence-electron chi connectivity index (χ1n) is 6.16. The minimum Gasteiger partial charge on any atom is -0.329 e. The molecule has 2 saturated heterocycles. The van der Waals surface area contributed by atoms with E-state index in [1.165, 1.54) is 12.8 Å². The highest BCUT2D eigenvalue weighted by Crippen LogP contribution is 2.34. The van der Waals surface area contributed by atoms with Gasteiger partial charge in [-0.3, -0.25) is 4.90 Å². The van der Waals surface area contributed by atoms with E-state index in [1.807, 2.05) is 0 Å². The Kier molecular flexibility index (Phi) is 3.29. The molecule has 5 heteroatoms. The Labute approximate surface area is 98.1 Å². The van der Waals surface area contributed by atoms with E-state index in [2.05, 4.69) is 11.8 Å². The predicted octanol–water partition coefficient (Wildman–Crippen LogP) is 0.377. The summed E-state index contributed by atoms with van der Waals surface area (Å²) in [5, 5.41) is 0. The van der Waals surface area contributed by atoms with Crippen LogP contribution in [0.5, 0.6) is 0 Å². The van der Waals surface area contributed by atoms with Gasteiger partial charge in [0, 0.05) is 18.1 Å². The molecule has 0 amide bonds. The molecule has 2 heterocycles. The van der Waals surface area contributed by atoms with Crippen LogP contribution in [0, 0.1) is 0 Å². The number of nitrogens with two attached hydrogens (primary N) is 1. The first-order valence-corrected chi connectivity index (χ1v) is 7.98. The van der Waals surface area contributed by atoms with Crippen LogP contribution in [-0.2, 0) is 9.84 Å². The molecule has 2 rings (SSSR count). The van der Waals surface area contributed by atoms with Crippen molar-refractivity contribution in [2.45, 2.75) is 44.2 Å². The van der Waals surface area contributed by atoms with Crippen LogP contribution in [0.25, 0.3) is 0 Å². The van der Waals surface area contributed by atoms with Gasteiger partial charge in [-0.2, -0.15) is 0 Å². The summed E-state index contributed by atoms with van der Waals surface area (Å²) in [6.07, 6.45) is 4.04. The highest BCUT2D eigenvalue weighted by atomic mass is 32.2. The first-order chi connectivity index (χ1) is 7.49. The molecule has 2 unspecified atom stereocenters. The molecule has 94 valence electrons. The Bertz CT molecular complexity index is 355. The fraction of sp³-hybridized carbons (Fsp3) is 1.00. The Morgan fingerprint density at radius 1 is 1.44 bits per heavy atom. The molecule has 2 N–H and O–H groups in total. The summed E-state index contributed by atoms with van der Waals surface area (Å²) in [5.41, 5.74) is 5.62. The Morgan fingerprint density at radius 3 is 2.69 bits per heavy atom. The summed E-state index contributed by atoms with van der Waals surface area (Å²) in [7, 11) is -2.88. The van der Waals surface area contributed by atoms with Crippen molar-refractivity contribution in [2.24, 2.45) is 5.73 Å². The Hall–Kier alpha value is -0.130.